The summed E-state index contributed by atoms with van der Waals surface area (Å²) in [5.74, 6) is -0.702. The van der Waals surface area contributed by atoms with Crippen LogP contribution in [-0.4, -0.2) is 39.4 Å². The van der Waals surface area contributed by atoms with Crippen molar-refractivity contribution in [1.29, 1.82) is 0 Å². The maximum atomic E-state index is 10.7. The van der Waals surface area contributed by atoms with E-state index >= 15 is 0 Å². The molecule has 0 saturated carbocycles. The first-order chi connectivity index (χ1) is 5.93. The van der Waals surface area contributed by atoms with E-state index in [2.05, 4.69) is 0 Å². The van der Waals surface area contributed by atoms with Gasteiger partial charge in [-0.1, -0.05) is 0 Å². The van der Waals surface area contributed by atoms with E-state index in [-0.39, 0.29) is 12.3 Å². The first kappa shape index (κ1) is 12.7. The molecule has 0 aliphatic heterocycles. The van der Waals surface area contributed by atoms with Gasteiger partial charge >= 0.3 is 88.1 Å². The van der Waals surface area contributed by atoms with Crippen molar-refractivity contribution in [3.05, 3.63) is 0 Å². The van der Waals surface area contributed by atoms with Crippen molar-refractivity contribution in [3.8, 4) is 0 Å². The Labute approximate surface area is 88.3 Å². The second-order valence-corrected chi connectivity index (χ2v) is 4.54. The number of likely N-dealkylation sites (N-methyl/N-ethyl adjacent to an activating group) is 1. The summed E-state index contributed by atoms with van der Waals surface area (Å²) in [5.41, 5.74) is 0. The van der Waals surface area contributed by atoms with Crippen molar-refractivity contribution < 1.29 is 34.0 Å². The Bertz CT molecular complexity index is 227. The zero-order chi connectivity index (χ0) is 10.4. The van der Waals surface area contributed by atoms with Crippen LogP contribution in [0, 0.1) is 0 Å². The Kier molecular flexibility index (Phi) is 6.00. The van der Waals surface area contributed by atoms with Crippen molar-refractivity contribution in [3.63, 3.8) is 0 Å². The quantitative estimate of drug-likeness (QED) is 0.732. The molecule has 13 heavy (non-hydrogen) atoms. The van der Waals surface area contributed by atoms with Crippen LogP contribution >= 0.6 is 0 Å². The summed E-state index contributed by atoms with van der Waals surface area (Å²) in [6.07, 6.45) is 1.18. The van der Waals surface area contributed by atoms with Crippen molar-refractivity contribution in [2.24, 2.45) is 0 Å². The second kappa shape index (κ2) is 6.16. The van der Waals surface area contributed by atoms with Gasteiger partial charge in [-0.05, 0) is 0 Å². The topological polar surface area (TPSA) is 57.6 Å². The Morgan fingerprint density at radius 3 is 2.31 bits per heavy atom. The van der Waals surface area contributed by atoms with Crippen LogP contribution in [0.15, 0.2) is 0 Å². The van der Waals surface area contributed by atoms with Crippen LogP contribution in [0.3, 0.4) is 0 Å². The van der Waals surface area contributed by atoms with Crippen LogP contribution < -0.4 is 0 Å². The van der Waals surface area contributed by atoms with Crippen molar-refractivity contribution >= 4 is 15.8 Å². The normalized spacial score (nSPS) is 10.1. The van der Waals surface area contributed by atoms with E-state index in [1.54, 1.807) is 18.9 Å². The summed E-state index contributed by atoms with van der Waals surface area (Å²) < 4.78 is 1.01. The molecule has 0 rings (SSSR count). The zero-order valence-electron chi connectivity index (χ0n) is 7.74. The van der Waals surface area contributed by atoms with Gasteiger partial charge in [0, 0.05) is 0 Å². The van der Waals surface area contributed by atoms with Crippen LogP contribution in [0.4, 0.5) is 0 Å². The average Bonchev–Trinajstić information content (AvgIpc) is 1.98. The molecule has 0 atom stereocenters. The van der Waals surface area contributed by atoms with Crippen molar-refractivity contribution in [2.45, 2.75) is 19.8 Å². The SMILES string of the molecule is CC(=O)CC[C](=[W])N(C)CC(=O)O. The number of carboxylic acid groups (broad SMARTS) is 1. The van der Waals surface area contributed by atoms with E-state index < -0.39 is 5.97 Å². The number of carbonyl (C=O) groups excluding carboxylic acids is 1. The number of Topliss-reactive ketones (excluding diaryl/α,β-unsaturated/α-hetero) is 1. The molecule has 0 amide bonds. The number of hydrogen-bond donors (Lipinski definition) is 1. The van der Waals surface area contributed by atoms with Gasteiger partial charge in [-0.3, -0.25) is 0 Å². The summed E-state index contributed by atoms with van der Waals surface area (Å²) in [6.45, 7) is 1.55. The molecule has 1 N–H and O–H groups in total. The van der Waals surface area contributed by atoms with Gasteiger partial charge in [-0.25, -0.2) is 0 Å². The molecular weight excluding hydrogens is 342 g/mol. The van der Waals surface area contributed by atoms with Crippen LogP contribution in [0.2, 0.25) is 0 Å². The van der Waals surface area contributed by atoms with E-state index in [9.17, 15) is 9.59 Å². The minimum atomic E-state index is -0.843. The fraction of sp³-hybridized carbons (Fsp3) is 0.625. The molecule has 0 aromatic heterocycles. The van der Waals surface area contributed by atoms with Crippen LogP contribution in [-0.2, 0) is 28.9 Å². The summed E-state index contributed by atoms with van der Waals surface area (Å²) >= 11 is 1.22. The Balaban J connectivity index is 3.82. The Morgan fingerprint density at radius 1 is 1.38 bits per heavy atom. The van der Waals surface area contributed by atoms with Crippen molar-refractivity contribution in [1.82, 2.24) is 4.90 Å². The zero-order valence-corrected chi connectivity index (χ0v) is 10.7. The van der Waals surface area contributed by atoms with E-state index in [0.29, 0.717) is 12.8 Å². The van der Waals surface area contributed by atoms with Crippen LogP contribution in [0.25, 0.3) is 0 Å². The van der Waals surface area contributed by atoms with Gasteiger partial charge in [-0.2, -0.15) is 0 Å². The summed E-state index contributed by atoms with van der Waals surface area (Å²) in [6, 6.07) is 0. The predicted octanol–water partition coefficient (Wildman–Crippen LogP) is 0.0487. The van der Waals surface area contributed by atoms with Gasteiger partial charge in [0.1, 0.15) is 0 Å². The molecule has 0 fully saturated rings. The molecule has 0 aliphatic carbocycles. The molecule has 0 aromatic rings. The standard InChI is InChI=1S/C8H13NO3.W/c1-7(10)4-3-5-9(2)6-8(11)12;/h3-4,6H2,1-2H3,(H,11,12);. The molecule has 0 unspecified atom stereocenters. The number of carbonyl (C=O) groups is 2. The molecule has 0 spiro atoms. The van der Waals surface area contributed by atoms with Gasteiger partial charge in [0.25, 0.3) is 0 Å². The van der Waals surface area contributed by atoms with Gasteiger partial charge in [0.2, 0.25) is 0 Å². The Morgan fingerprint density at radius 2 is 1.92 bits per heavy atom. The van der Waals surface area contributed by atoms with E-state index in [1.165, 1.54) is 19.4 Å². The number of nitrogens with zero attached hydrogens (tertiary/aromatic N) is 1. The summed E-state index contributed by atoms with van der Waals surface area (Å²) in [5, 5.41) is 8.50. The monoisotopic (exact) mass is 355 g/mol. The molecule has 74 valence electrons. The third-order valence-corrected chi connectivity index (χ3v) is 3.34. The molecule has 0 bridgehead atoms. The van der Waals surface area contributed by atoms with Crippen LogP contribution in [0.1, 0.15) is 19.8 Å². The fourth-order valence-corrected chi connectivity index (χ4v) is 1.36. The minimum absolute atomic E-state index is 0.0107. The van der Waals surface area contributed by atoms with Gasteiger partial charge < -0.3 is 0 Å². The number of rotatable bonds is 6. The number of carboxylic acids is 1. The first-order valence-electron chi connectivity index (χ1n) is 3.88. The number of hydrogen-bond acceptors (Lipinski definition) is 3. The third-order valence-electron chi connectivity index (χ3n) is 1.49. The molecule has 0 aliphatic rings. The first-order valence-corrected chi connectivity index (χ1v) is 5.35. The summed E-state index contributed by atoms with van der Waals surface area (Å²) in [4.78, 5) is 22.7. The van der Waals surface area contributed by atoms with E-state index in [0.717, 1.165) is 4.02 Å². The van der Waals surface area contributed by atoms with Gasteiger partial charge in [0.15, 0.2) is 0 Å². The van der Waals surface area contributed by atoms with Gasteiger partial charge in [-0.15, -0.1) is 0 Å². The molecule has 0 saturated heterocycles. The molecular formula is C8H13NO3W. The van der Waals surface area contributed by atoms with E-state index in [1.807, 2.05) is 0 Å². The Hall–Kier alpha value is -0.342. The molecule has 4 nitrogen and oxygen atoms in total. The second-order valence-electron chi connectivity index (χ2n) is 2.85. The molecule has 0 radical (unpaired) electrons. The molecule has 0 heterocycles. The number of aliphatic carboxylic acids is 1. The fourth-order valence-electron chi connectivity index (χ4n) is 0.765. The number of ketones is 1. The maximum absolute atomic E-state index is 10.7. The van der Waals surface area contributed by atoms with Crippen molar-refractivity contribution in [2.75, 3.05) is 13.6 Å². The molecule has 0 aromatic carbocycles. The summed E-state index contributed by atoms with van der Waals surface area (Å²) in [7, 11) is 1.73. The van der Waals surface area contributed by atoms with Crippen LogP contribution in [0.5, 0.6) is 0 Å². The molecule has 5 heteroatoms. The third kappa shape index (κ3) is 6.79. The average molecular weight is 355 g/mol. The van der Waals surface area contributed by atoms with E-state index in [4.69, 9.17) is 5.11 Å². The predicted molar refractivity (Wildman–Crippen MR) is 45.2 cm³/mol. The van der Waals surface area contributed by atoms with Gasteiger partial charge in [0.05, 0.1) is 0 Å².